The SMILES string of the molecule is COC(=O)CSc1nc2ccccc2cc1C#N. The van der Waals surface area contributed by atoms with E-state index in [1.807, 2.05) is 24.3 Å². The molecule has 0 aliphatic heterocycles. The van der Waals surface area contributed by atoms with Crippen LogP contribution < -0.4 is 0 Å². The Morgan fingerprint density at radius 2 is 2.28 bits per heavy atom. The first-order chi connectivity index (χ1) is 8.74. The number of carbonyl (C=O) groups is 1. The molecule has 1 heterocycles. The average molecular weight is 258 g/mol. The minimum Gasteiger partial charge on any atom is -0.468 e. The molecule has 1 aromatic heterocycles. The summed E-state index contributed by atoms with van der Waals surface area (Å²) in [5.41, 5.74) is 1.28. The van der Waals surface area contributed by atoms with Gasteiger partial charge in [0.25, 0.3) is 0 Å². The smallest absolute Gasteiger partial charge is 0.316 e. The summed E-state index contributed by atoms with van der Waals surface area (Å²) >= 11 is 1.21. The second-order valence-electron chi connectivity index (χ2n) is 3.51. The second-order valence-corrected chi connectivity index (χ2v) is 4.47. The minimum atomic E-state index is -0.334. The van der Waals surface area contributed by atoms with Gasteiger partial charge in [0.2, 0.25) is 0 Å². The van der Waals surface area contributed by atoms with Gasteiger partial charge in [-0.3, -0.25) is 4.79 Å². The van der Waals surface area contributed by atoms with E-state index in [-0.39, 0.29) is 11.7 Å². The number of hydrogen-bond acceptors (Lipinski definition) is 5. The lowest BCUT2D eigenvalue weighted by Gasteiger charge is -2.04. The summed E-state index contributed by atoms with van der Waals surface area (Å²) in [6, 6.07) is 11.4. The molecule has 2 aromatic rings. The molecule has 90 valence electrons. The van der Waals surface area contributed by atoms with Crippen LogP contribution in [0.2, 0.25) is 0 Å². The number of benzene rings is 1. The molecule has 0 radical (unpaired) electrons. The molecule has 0 bridgehead atoms. The van der Waals surface area contributed by atoms with Crippen LogP contribution in [0.4, 0.5) is 0 Å². The summed E-state index contributed by atoms with van der Waals surface area (Å²) in [7, 11) is 1.34. The topological polar surface area (TPSA) is 63.0 Å². The Morgan fingerprint density at radius 1 is 1.50 bits per heavy atom. The van der Waals surface area contributed by atoms with Crippen LogP contribution in [0.5, 0.6) is 0 Å². The largest absolute Gasteiger partial charge is 0.468 e. The summed E-state index contributed by atoms with van der Waals surface area (Å²) in [6.45, 7) is 0. The average Bonchev–Trinajstić information content (AvgIpc) is 2.43. The van der Waals surface area contributed by atoms with Crippen molar-refractivity contribution in [1.29, 1.82) is 5.26 Å². The van der Waals surface area contributed by atoms with Crippen molar-refractivity contribution in [3.8, 4) is 6.07 Å². The third-order valence-corrected chi connectivity index (χ3v) is 3.33. The van der Waals surface area contributed by atoms with Crippen molar-refractivity contribution in [2.24, 2.45) is 0 Å². The molecule has 0 saturated carbocycles. The zero-order chi connectivity index (χ0) is 13.0. The van der Waals surface area contributed by atoms with Gasteiger partial charge in [0.15, 0.2) is 0 Å². The van der Waals surface area contributed by atoms with E-state index in [9.17, 15) is 4.79 Å². The molecule has 0 amide bonds. The van der Waals surface area contributed by atoms with Gasteiger partial charge in [-0.15, -0.1) is 0 Å². The number of thioether (sulfide) groups is 1. The first kappa shape index (κ1) is 12.4. The molecule has 0 fully saturated rings. The van der Waals surface area contributed by atoms with E-state index in [4.69, 9.17) is 5.26 Å². The lowest BCUT2D eigenvalue weighted by Crippen LogP contribution is -2.03. The van der Waals surface area contributed by atoms with Gasteiger partial charge in [0.05, 0.1) is 23.9 Å². The van der Waals surface area contributed by atoms with Crippen LogP contribution in [-0.2, 0) is 9.53 Å². The quantitative estimate of drug-likeness (QED) is 0.624. The van der Waals surface area contributed by atoms with E-state index in [2.05, 4.69) is 15.8 Å². The van der Waals surface area contributed by atoms with E-state index in [1.54, 1.807) is 6.07 Å². The molecule has 2 rings (SSSR count). The van der Waals surface area contributed by atoms with Crippen molar-refractivity contribution in [3.63, 3.8) is 0 Å². The molecule has 18 heavy (non-hydrogen) atoms. The number of nitriles is 1. The van der Waals surface area contributed by atoms with Crippen LogP contribution in [0.3, 0.4) is 0 Å². The van der Waals surface area contributed by atoms with Crippen molar-refractivity contribution in [1.82, 2.24) is 4.98 Å². The lowest BCUT2D eigenvalue weighted by molar-refractivity contribution is -0.137. The van der Waals surface area contributed by atoms with E-state index in [0.29, 0.717) is 10.6 Å². The molecule has 0 aliphatic carbocycles. The van der Waals surface area contributed by atoms with Crippen molar-refractivity contribution in [3.05, 3.63) is 35.9 Å². The van der Waals surface area contributed by atoms with E-state index in [0.717, 1.165) is 10.9 Å². The number of fused-ring (bicyclic) bond motifs is 1. The fourth-order valence-electron chi connectivity index (χ4n) is 1.47. The maximum absolute atomic E-state index is 11.1. The number of para-hydroxylation sites is 1. The van der Waals surface area contributed by atoms with E-state index < -0.39 is 0 Å². The van der Waals surface area contributed by atoms with Crippen LogP contribution >= 0.6 is 11.8 Å². The number of rotatable bonds is 3. The van der Waals surface area contributed by atoms with Crippen molar-refractivity contribution in [2.75, 3.05) is 12.9 Å². The van der Waals surface area contributed by atoms with Crippen LogP contribution in [0.15, 0.2) is 35.4 Å². The molecule has 0 saturated heterocycles. The van der Waals surface area contributed by atoms with Crippen molar-refractivity contribution >= 4 is 28.6 Å². The van der Waals surface area contributed by atoms with E-state index in [1.165, 1.54) is 18.9 Å². The maximum atomic E-state index is 11.1. The van der Waals surface area contributed by atoms with E-state index >= 15 is 0 Å². The highest BCUT2D eigenvalue weighted by Gasteiger charge is 2.09. The van der Waals surface area contributed by atoms with Gasteiger partial charge in [-0.25, -0.2) is 4.98 Å². The number of pyridine rings is 1. The third kappa shape index (κ3) is 2.60. The Morgan fingerprint density at radius 3 is 3.00 bits per heavy atom. The fourth-order valence-corrected chi connectivity index (χ4v) is 2.27. The monoisotopic (exact) mass is 258 g/mol. The van der Waals surface area contributed by atoms with Gasteiger partial charge in [-0.2, -0.15) is 5.26 Å². The predicted octanol–water partition coefficient (Wildman–Crippen LogP) is 2.37. The van der Waals surface area contributed by atoms with Gasteiger partial charge < -0.3 is 4.74 Å². The molecular formula is C13H10N2O2S. The second kappa shape index (κ2) is 5.52. The van der Waals surface area contributed by atoms with Gasteiger partial charge in [0, 0.05) is 5.39 Å². The summed E-state index contributed by atoms with van der Waals surface area (Å²) in [4.78, 5) is 15.5. The number of carbonyl (C=O) groups excluding carboxylic acids is 1. The zero-order valence-electron chi connectivity index (χ0n) is 9.71. The summed E-state index contributed by atoms with van der Waals surface area (Å²) in [5.74, 6) is -0.185. The molecule has 4 nitrogen and oxygen atoms in total. The van der Waals surface area contributed by atoms with Gasteiger partial charge in [-0.1, -0.05) is 30.0 Å². The van der Waals surface area contributed by atoms with Gasteiger partial charge in [0.1, 0.15) is 11.1 Å². The molecule has 0 N–H and O–H groups in total. The number of nitrogens with zero attached hydrogens (tertiary/aromatic N) is 2. The zero-order valence-corrected chi connectivity index (χ0v) is 10.5. The first-order valence-corrected chi connectivity index (χ1v) is 6.22. The molecule has 0 atom stereocenters. The minimum absolute atomic E-state index is 0.149. The van der Waals surface area contributed by atoms with Gasteiger partial charge in [-0.05, 0) is 12.1 Å². The number of ether oxygens (including phenoxy) is 1. The molecule has 0 spiro atoms. The summed E-state index contributed by atoms with van der Waals surface area (Å²) in [6.07, 6.45) is 0. The predicted molar refractivity (Wildman–Crippen MR) is 69.2 cm³/mol. The normalized spacial score (nSPS) is 10.0. The molecule has 0 unspecified atom stereocenters. The Kier molecular flexibility index (Phi) is 3.80. The van der Waals surface area contributed by atoms with Gasteiger partial charge >= 0.3 is 5.97 Å². The van der Waals surface area contributed by atoms with Crippen molar-refractivity contribution in [2.45, 2.75) is 5.03 Å². The number of aromatic nitrogens is 1. The molecule has 0 aliphatic rings. The summed E-state index contributed by atoms with van der Waals surface area (Å²) in [5, 5.41) is 10.6. The third-order valence-electron chi connectivity index (χ3n) is 2.36. The Bertz CT molecular complexity index is 634. The molecular weight excluding hydrogens is 248 g/mol. The van der Waals surface area contributed by atoms with Crippen LogP contribution in [0.25, 0.3) is 10.9 Å². The number of esters is 1. The van der Waals surface area contributed by atoms with Crippen LogP contribution in [0.1, 0.15) is 5.56 Å². The fraction of sp³-hybridized carbons (Fsp3) is 0.154. The number of methoxy groups -OCH3 is 1. The highest BCUT2D eigenvalue weighted by atomic mass is 32.2. The first-order valence-electron chi connectivity index (χ1n) is 5.24. The van der Waals surface area contributed by atoms with Crippen LogP contribution in [0, 0.1) is 11.3 Å². The lowest BCUT2D eigenvalue weighted by atomic mass is 10.2. The van der Waals surface area contributed by atoms with Crippen molar-refractivity contribution < 1.29 is 9.53 Å². The molecule has 1 aromatic carbocycles. The summed E-state index contributed by atoms with van der Waals surface area (Å²) < 4.78 is 4.56. The Hall–Kier alpha value is -2.06. The highest BCUT2D eigenvalue weighted by Crippen LogP contribution is 2.24. The maximum Gasteiger partial charge on any atom is 0.316 e. The number of hydrogen-bond donors (Lipinski definition) is 0. The standard InChI is InChI=1S/C13H10N2O2S/c1-17-12(16)8-18-13-10(7-14)6-9-4-2-3-5-11(9)15-13/h2-6H,8H2,1H3. The Balaban J connectivity index is 2.36. The van der Waals surface area contributed by atoms with Crippen LogP contribution in [-0.4, -0.2) is 23.8 Å². The molecule has 5 heteroatoms. The Labute approximate surface area is 109 Å². The highest BCUT2D eigenvalue weighted by molar-refractivity contribution is 7.99.